The van der Waals surface area contributed by atoms with E-state index in [1.807, 2.05) is 6.92 Å². The maximum absolute atomic E-state index is 11.5. The molecular weight excluding hydrogens is 260 g/mol. The van der Waals surface area contributed by atoms with Crippen LogP contribution in [0, 0.1) is 11.3 Å². The number of aromatic nitrogens is 1. The molecule has 1 aromatic heterocycles. The number of rotatable bonds is 6. The molecular formula is C14H16N2O4. The average molecular weight is 276 g/mol. The summed E-state index contributed by atoms with van der Waals surface area (Å²) >= 11 is 0. The minimum Gasteiger partial charge on any atom is -0.462 e. The molecule has 1 heterocycles. The van der Waals surface area contributed by atoms with E-state index in [4.69, 9.17) is 10.00 Å². The standard InChI is InChI=1S/C14H16N2O4/c1-3-19-14(18)11-4-5-12(16-9-11)10(2)8-13(17)20-7-6-15/h4-5,9-10H,3,7-8H2,1-2H3. The fourth-order valence-electron chi connectivity index (χ4n) is 1.56. The number of hydrogen-bond acceptors (Lipinski definition) is 6. The highest BCUT2D eigenvalue weighted by Gasteiger charge is 2.14. The van der Waals surface area contributed by atoms with Gasteiger partial charge in [-0.3, -0.25) is 9.78 Å². The van der Waals surface area contributed by atoms with Crippen LogP contribution in [0.1, 0.15) is 42.2 Å². The average Bonchev–Trinajstić information content (AvgIpc) is 2.45. The Labute approximate surface area is 117 Å². The Morgan fingerprint density at radius 1 is 1.40 bits per heavy atom. The van der Waals surface area contributed by atoms with Gasteiger partial charge in [0.15, 0.2) is 6.61 Å². The number of carbonyl (C=O) groups is 2. The number of nitriles is 1. The summed E-state index contributed by atoms with van der Waals surface area (Å²) in [7, 11) is 0. The zero-order valence-electron chi connectivity index (χ0n) is 11.5. The molecule has 0 spiro atoms. The van der Waals surface area contributed by atoms with E-state index in [1.165, 1.54) is 6.20 Å². The van der Waals surface area contributed by atoms with E-state index in [2.05, 4.69) is 9.72 Å². The molecule has 1 atom stereocenters. The predicted molar refractivity (Wildman–Crippen MR) is 69.8 cm³/mol. The molecule has 20 heavy (non-hydrogen) atoms. The molecule has 1 aromatic rings. The van der Waals surface area contributed by atoms with Crippen molar-refractivity contribution < 1.29 is 19.1 Å². The Balaban J connectivity index is 2.61. The highest BCUT2D eigenvalue weighted by Crippen LogP contribution is 2.17. The number of esters is 2. The normalized spacial score (nSPS) is 11.2. The fraction of sp³-hybridized carbons (Fsp3) is 0.429. The predicted octanol–water partition coefficient (Wildman–Crippen LogP) is 1.82. The monoisotopic (exact) mass is 276 g/mol. The summed E-state index contributed by atoms with van der Waals surface area (Å²) in [5.74, 6) is -1.03. The van der Waals surface area contributed by atoms with Gasteiger partial charge in [-0.05, 0) is 19.1 Å². The first-order valence-corrected chi connectivity index (χ1v) is 6.24. The smallest absolute Gasteiger partial charge is 0.339 e. The molecule has 0 saturated heterocycles. The van der Waals surface area contributed by atoms with Crippen molar-refractivity contribution in [1.82, 2.24) is 4.98 Å². The van der Waals surface area contributed by atoms with E-state index in [-0.39, 0.29) is 18.9 Å². The van der Waals surface area contributed by atoms with Gasteiger partial charge in [0.25, 0.3) is 0 Å². The van der Waals surface area contributed by atoms with Crippen LogP contribution in [0.15, 0.2) is 18.3 Å². The number of hydrogen-bond donors (Lipinski definition) is 0. The Morgan fingerprint density at radius 2 is 2.15 bits per heavy atom. The third kappa shape index (κ3) is 4.69. The second-order valence-corrected chi connectivity index (χ2v) is 4.12. The van der Waals surface area contributed by atoms with E-state index < -0.39 is 11.9 Å². The molecule has 0 fully saturated rings. The highest BCUT2D eigenvalue weighted by atomic mass is 16.5. The zero-order valence-corrected chi connectivity index (χ0v) is 11.5. The van der Waals surface area contributed by atoms with Gasteiger partial charge < -0.3 is 9.47 Å². The van der Waals surface area contributed by atoms with Crippen LogP contribution in [0.25, 0.3) is 0 Å². The second-order valence-electron chi connectivity index (χ2n) is 4.12. The van der Waals surface area contributed by atoms with Crippen molar-refractivity contribution in [2.45, 2.75) is 26.2 Å². The van der Waals surface area contributed by atoms with Crippen molar-refractivity contribution in [3.8, 4) is 6.07 Å². The molecule has 1 rings (SSSR count). The van der Waals surface area contributed by atoms with Crippen molar-refractivity contribution in [2.24, 2.45) is 0 Å². The lowest BCUT2D eigenvalue weighted by Gasteiger charge is -2.10. The zero-order chi connectivity index (χ0) is 15.0. The van der Waals surface area contributed by atoms with Gasteiger partial charge in [-0.1, -0.05) is 6.92 Å². The minimum atomic E-state index is -0.449. The maximum Gasteiger partial charge on any atom is 0.339 e. The van der Waals surface area contributed by atoms with Gasteiger partial charge in [0.05, 0.1) is 18.6 Å². The van der Waals surface area contributed by atoms with Gasteiger partial charge >= 0.3 is 11.9 Å². The van der Waals surface area contributed by atoms with Crippen molar-refractivity contribution in [2.75, 3.05) is 13.2 Å². The second kappa shape index (κ2) is 7.89. The van der Waals surface area contributed by atoms with Crippen molar-refractivity contribution in [3.05, 3.63) is 29.6 Å². The number of carbonyl (C=O) groups excluding carboxylic acids is 2. The van der Waals surface area contributed by atoms with Crippen molar-refractivity contribution in [1.29, 1.82) is 5.26 Å². The lowest BCUT2D eigenvalue weighted by atomic mass is 10.0. The third-order valence-corrected chi connectivity index (χ3v) is 2.57. The van der Waals surface area contributed by atoms with Crippen LogP contribution < -0.4 is 0 Å². The molecule has 6 nitrogen and oxygen atoms in total. The van der Waals surface area contributed by atoms with Crippen molar-refractivity contribution in [3.63, 3.8) is 0 Å². The molecule has 0 radical (unpaired) electrons. The Bertz CT molecular complexity index is 505. The molecule has 106 valence electrons. The van der Waals surface area contributed by atoms with Crippen LogP contribution in [0.5, 0.6) is 0 Å². The SMILES string of the molecule is CCOC(=O)c1ccc(C(C)CC(=O)OCC#N)nc1. The van der Waals surface area contributed by atoms with Crippen LogP contribution in [0.2, 0.25) is 0 Å². The molecule has 0 N–H and O–H groups in total. The molecule has 0 aliphatic heterocycles. The Morgan fingerprint density at radius 3 is 2.70 bits per heavy atom. The Hall–Kier alpha value is -2.42. The molecule has 0 aromatic carbocycles. The largest absolute Gasteiger partial charge is 0.462 e. The van der Waals surface area contributed by atoms with Crippen LogP contribution in [-0.2, 0) is 14.3 Å². The maximum atomic E-state index is 11.5. The summed E-state index contributed by atoms with van der Waals surface area (Å²) in [6, 6.07) is 5.02. The highest BCUT2D eigenvalue weighted by molar-refractivity contribution is 5.88. The fourth-order valence-corrected chi connectivity index (χ4v) is 1.56. The van der Waals surface area contributed by atoms with Gasteiger partial charge in [0.1, 0.15) is 6.07 Å². The van der Waals surface area contributed by atoms with Gasteiger partial charge in [0, 0.05) is 17.8 Å². The van der Waals surface area contributed by atoms with E-state index in [1.54, 1.807) is 25.1 Å². The number of ether oxygens (including phenoxy) is 2. The third-order valence-electron chi connectivity index (χ3n) is 2.57. The molecule has 1 unspecified atom stereocenters. The van der Waals surface area contributed by atoms with E-state index in [9.17, 15) is 9.59 Å². The number of pyridine rings is 1. The summed E-state index contributed by atoms with van der Waals surface area (Å²) in [6.07, 6.45) is 1.55. The lowest BCUT2D eigenvalue weighted by molar-refractivity contribution is -0.142. The Kier molecular flexibility index (Phi) is 6.17. The summed E-state index contributed by atoms with van der Waals surface area (Å²) in [5, 5.41) is 8.31. The van der Waals surface area contributed by atoms with Gasteiger partial charge in [0.2, 0.25) is 0 Å². The first-order chi connectivity index (χ1) is 9.58. The lowest BCUT2D eigenvalue weighted by Crippen LogP contribution is -2.10. The van der Waals surface area contributed by atoms with E-state index >= 15 is 0 Å². The van der Waals surface area contributed by atoms with Crippen LogP contribution in [0.4, 0.5) is 0 Å². The molecule has 0 saturated carbocycles. The van der Waals surface area contributed by atoms with Gasteiger partial charge in [-0.2, -0.15) is 5.26 Å². The van der Waals surface area contributed by atoms with E-state index in [0.29, 0.717) is 17.9 Å². The first-order valence-electron chi connectivity index (χ1n) is 6.24. The van der Waals surface area contributed by atoms with Gasteiger partial charge in [-0.15, -0.1) is 0 Å². The van der Waals surface area contributed by atoms with Crippen molar-refractivity contribution >= 4 is 11.9 Å². The van der Waals surface area contributed by atoms with Crippen LogP contribution in [0.3, 0.4) is 0 Å². The first kappa shape index (κ1) is 15.6. The van der Waals surface area contributed by atoms with Gasteiger partial charge in [-0.25, -0.2) is 4.79 Å². The quantitative estimate of drug-likeness (QED) is 0.736. The molecule has 6 heteroatoms. The van der Waals surface area contributed by atoms with Crippen LogP contribution in [-0.4, -0.2) is 30.1 Å². The minimum absolute atomic E-state index is 0.132. The summed E-state index contributed by atoms with van der Waals surface area (Å²) in [6.45, 7) is 3.61. The molecule has 0 amide bonds. The number of nitrogens with zero attached hydrogens (tertiary/aromatic N) is 2. The molecule has 0 aliphatic rings. The van der Waals surface area contributed by atoms with Crippen LogP contribution >= 0.6 is 0 Å². The molecule has 0 bridgehead atoms. The topological polar surface area (TPSA) is 89.3 Å². The summed E-state index contributed by atoms with van der Waals surface area (Å²) in [5.41, 5.74) is 1.04. The summed E-state index contributed by atoms with van der Waals surface area (Å²) < 4.78 is 9.53. The van der Waals surface area contributed by atoms with E-state index in [0.717, 1.165) is 0 Å². The summed E-state index contributed by atoms with van der Waals surface area (Å²) in [4.78, 5) is 27.0. The molecule has 0 aliphatic carbocycles.